The fourth-order valence-corrected chi connectivity index (χ4v) is 1.51. The minimum atomic E-state index is -0.851. The van der Waals surface area contributed by atoms with Crippen molar-refractivity contribution >= 4 is 5.91 Å². The highest BCUT2D eigenvalue weighted by molar-refractivity contribution is 5.89. The summed E-state index contributed by atoms with van der Waals surface area (Å²) in [6.07, 6.45) is 1.24. The first-order valence-corrected chi connectivity index (χ1v) is 5.19. The number of carbonyl (C=O) groups excluding carboxylic acids is 1. The maximum Gasteiger partial charge on any atom is 0.286 e. The molecule has 0 saturated heterocycles. The molecule has 1 amide bonds. The molecule has 2 rings (SSSR count). The van der Waals surface area contributed by atoms with Gasteiger partial charge in [0.2, 0.25) is 5.82 Å². The lowest BCUT2D eigenvalue weighted by molar-refractivity contribution is 0.0990. The number of nitrogens with zero attached hydrogens (tertiary/aromatic N) is 2. The molecule has 0 saturated carbocycles. The fraction of sp³-hybridized carbons (Fsp3) is 0.0833. The van der Waals surface area contributed by atoms with Crippen molar-refractivity contribution in [2.24, 2.45) is 5.73 Å². The predicted molar refractivity (Wildman–Crippen MR) is 62.5 cm³/mol. The molecule has 19 heavy (non-hydrogen) atoms. The molecule has 1 aromatic heterocycles. The predicted octanol–water partition coefficient (Wildman–Crippen LogP) is 1.53. The molecule has 0 fully saturated rings. The van der Waals surface area contributed by atoms with Crippen molar-refractivity contribution in [3.05, 3.63) is 41.9 Å². The molecular formula is C12H9F2N3O2. The van der Waals surface area contributed by atoms with Crippen molar-refractivity contribution in [3.8, 4) is 17.0 Å². The zero-order chi connectivity index (χ0) is 14.0. The van der Waals surface area contributed by atoms with Gasteiger partial charge in [0, 0.05) is 17.8 Å². The first-order valence-electron chi connectivity index (χ1n) is 5.19. The highest BCUT2D eigenvalue weighted by Gasteiger charge is 2.14. The Balaban J connectivity index is 2.56. The second kappa shape index (κ2) is 4.97. The Kier molecular flexibility index (Phi) is 3.37. The normalized spacial score (nSPS) is 10.3. The Morgan fingerprint density at radius 3 is 2.68 bits per heavy atom. The third-order valence-corrected chi connectivity index (χ3v) is 2.39. The molecule has 2 N–H and O–H groups in total. The van der Waals surface area contributed by atoms with Crippen molar-refractivity contribution in [1.29, 1.82) is 0 Å². The summed E-state index contributed by atoms with van der Waals surface area (Å²) in [6.45, 7) is 0. The van der Waals surface area contributed by atoms with Crippen LogP contribution in [0.2, 0.25) is 0 Å². The summed E-state index contributed by atoms with van der Waals surface area (Å²) in [5.41, 5.74) is 4.97. The molecule has 0 spiro atoms. The largest absolute Gasteiger partial charge is 0.494 e. The number of nitrogens with two attached hydrogens (primary N) is 1. The van der Waals surface area contributed by atoms with E-state index in [1.54, 1.807) is 0 Å². The van der Waals surface area contributed by atoms with Crippen LogP contribution in [0.15, 0.2) is 24.4 Å². The van der Waals surface area contributed by atoms with Gasteiger partial charge in [-0.05, 0) is 12.1 Å². The molecule has 0 atom stereocenters. The molecule has 2 aromatic rings. The van der Waals surface area contributed by atoms with Crippen LogP contribution in [0.25, 0.3) is 11.3 Å². The van der Waals surface area contributed by atoms with Gasteiger partial charge in [-0.15, -0.1) is 0 Å². The number of carbonyl (C=O) groups is 1. The number of halogens is 2. The summed E-state index contributed by atoms with van der Waals surface area (Å²) < 4.78 is 32.0. The number of rotatable bonds is 3. The average Bonchev–Trinajstić information content (AvgIpc) is 2.41. The van der Waals surface area contributed by atoms with Crippen LogP contribution in [0.3, 0.4) is 0 Å². The third kappa shape index (κ3) is 2.49. The van der Waals surface area contributed by atoms with Crippen LogP contribution in [-0.4, -0.2) is 23.0 Å². The molecule has 0 bridgehead atoms. The number of hydrogen-bond donors (Lipinski definition) is 1. The first-order chi connectivity index (χ1) is 9.02. The van der Waals surface area contributed by atoms with Crippen molar-refractivity contribution < 1.29 is 18.3 Å². The lowest BCUT2D eigenvalue weighted by atomic mass is 10.1. The van der Waals surface area contributed by atoms with E-state index in [-0.39, 0.29) is 22.8 Å². The van der Waals surface area contributed by atoms with Gasteiger partial charge in [0.05, 0.1) is 12.8 Å². The number of aromatic nitrogens is 2. The summed E-state index contributed by atoms with van der Waals surface area (Å²) in [6, 6.07) is 3.18. The third-order valence-electron chi connectivity index (χ3n) is 2.39. The minimum Gasteiger partial charge on any atom is -0.494 e. The van der Waals surface area contributed by atoms with Crippen molar-refractivity contribution in [2.75, 3.05) is 7.11 Å². The fourth-order valence-electron chi connectivity index (χ4n) is 1.51. The van der Waals surface area contributed by atoms with E-state index in [1.807, 2.05) is 0 Å². The van der Waals surface area contributed by atoms with E-state index in [2.05, 4.69) is 14.7 Å². The zero-order valence-corrected chi connectivity index (χ0v) is 9.85. The summed E-state index contributed by atoms with van der Waals surface area (Å²) in [5, 5.41) is 0. The van der Waals surface area contributed by atoms with Gasteiger partial charge in [-0.3, -0.25) is 4.79 Å². The number of benzene rings is 1. The van der Waals surface area contributed by atoms with E-state index in [4.69, 9.17) is 5.73 Å². The van der Waals surface area contributed by atoms with Gasteiger partial charge in [0.25, 0.3) is 5.91 Å². The lowest BCUT2D eigenvalue weighted by Gasteiger charge is -2.07. The van der Waals surface area contributed by atoms with Crippen molar-refractivity contribution in [2.45, 2.75) is 0 Å². The molecular weight excluding hydrogens is 256 g/mol. The summed E-state index contributed by atoms with van der Waals surface area (Å²) in [7, 11) is 1.23. The smallest absolute Gasteiger partial charge is 0.286 e. The zero-order valence-electron chi connectivity index (χ0n) is 9.85. The van der Waals surface area contributed by atoms with Gasteiger partial charge in [-0.2, -0.15) is 0 Å². The van der Waals surface area contributed by atoms with Gasteiger partial charge in [-0.25, -0.2) is 18.7 Å². The minimum absolute atomic E-state index is 0.0582. The molecule has 1 aromatic carbocycles. The van der Waals surface area contributed by atoms with Gasteiger partial charge in [0.15, 0.2) is 11.6 Å². The Hall–Kier alpha value is -2.57. The van der Waals surface area contributed by atoms with Crippen molar-refractivity contribution in [1.82, 2.24) is 9.97 Å². The standard InChI is InChI=1S/C12H9F2N3O2/c1-19-10-5-7(13)6(4-8(10)14)9-2-3-16-12(17-9)11(15)18/h2-5H,1H3,(H2,15,18). The molecule has 0 aliphatic rings. The summed E-state index contributed by atoms with van der Waals surface area (Å²) >= 11 is 0. The number of primary amides is 1. The second-order valence-corrected chi connectivity index (χ2v) is 3.60. The van der Waals surface area contributed by atoms with E-state index in [9.17, 15) is 13.6 Å². The van der Waals surface area contributed by atoms with Crippen LogP contribution in [-0.2, 0) is 0 Å². The van der Waals surface area contributed by atoms with E-state index < -0.39 is 17.5 Å². The molecule has 0 unspecified atom stereocenters. The maximum absolute atomic E-state index is 13.8. The molecule has 7 heteroatoms. The Labute approximate surface area is 107 Å². The summed E-state index contributed by atoms with van der Waals surface area (Å²) in [5.74, 6) is -2.81. The van der Waals surface area contributed by atoms with Crippen LogP contribution in [0.1, 0.15) is 10.6 Å². The Bertz CT molecular complexity index is 647. The van der Waals surface area contributed by atoms with E-state index in [1.165, 1.54) is 19.4 Å². The van der Waals surface area contributed by atoms with Crippen molar-refractivity contribution in [3.63, 3.8) is 0 Å². The summed E-state index contributed by atoms with van der Waals surface area (Å²) in [4.78, 5) is 18.3. The van der Waals surface area contributed by atoms with Crippen LogP contribution < -0.4 is 10.5 Å². The van der Waals surface area contributed by atoms with Crippen LogP contribution in [0.5, 0.6) is 5.75 Å². The number of methoxy groups -OCH3 is 1. The quantitative estimate of drug-likeness (QED) is 0.912. The second-order valence-electron chi connectivity index (χ2n) is 3.60. The number of amides is 1. The lowest BCUT2D eigenvalue weighted by Crippen LogP contribution is -2.15. The monoisotopic (exact) mass is 265 g/mol. The van der Waals surface area contributed by atoms with Gasteiger partial charge < -0.3 is 10.5 Å². The van der Waals surface area contributed by atoms with E-state index in [0.29, 0.717) is 0 Å². The maximum atomic E-state index is 13.8. The average molecular weight is 265 g/mol. The van der Waals surface area contributed by atoms with Gasteiger partial charge in [0.1, 0.15) is 5.82 Å². The van der Waals surface area contributed by atoms with Crippen LogP contribution in [0.4, 0.5) is 8.78 Å². The molecule has 98 valence electrons. The number of hydrogen-bond acceptors (Lipinski definition) is 4. The van der Waals surface area contributed by atoms with E-state index >= 15 is 0 Å². The first kappa shape index (κ1) is 12.9. The number of ether oxygens (including phenoxy) is 1. The SMILES string of the molecule is COc1cc(F)c(-c2ccnc(C(N)=O)n2)cc1F. The highest BCUT2D eigenvalue weighted by atomic mass is 19.1. The Morgan fingerprint density at radius 1 is 1.32 bits per heavy atom. The topological polar surface area (TPSA) is 78.1 Å². The molecule has 0 aliphatic heterocycles. The molecule has 5 nitrogen and oxygen atoms in total. The van der Waals surface area contributed by atoms with Gasteiger partial charge in [-0.1, -0.05) is 0 Å². The van der Waals surface area contributed by atoms with Gasteiger partial charge >= 0.3 is 0 Å². The Morgan fingerprint density at radius 2 is 2.05 bits per heavy atom. The van der Waals surface area contributed by atoms with Crippen LogP contribution >= 0.6 is 0 Å². The molecule has 1 heterocycles. The molecule has 0 radical (unpaired) electrons. The highest BCUT2D eigenvalue weighted by Crippen LogP contribution is 2.27. The van der Waals surface area contributed by atoms with Crippen LogP contribution in [0, 0.1) is 11.6 Å². The van der Waals surface area contributed by atoms with E-state index in [0.717, 1.165) is 12.1 Å². The molecule has 0 aliphatic carbocycles.